The van der Waals surface area contributed by atoms with E-state index in [1.807, 2.05) is 24.3 Å². The lowest BCUT2D eigenvalue weighted by atomic mass is 10.1. The molecular weight excluding hydrogens is 408 g/mol. The van der Waals surface area contributed by atoms with Crippen molar-refractivity contribution in [2.24, 2.45) is 4.99 Å². The molecule has 2 amide bonds. The van der Waals surface area contributed by atoms with Crippen LogP contribution in [-0.4, -0.2) is 43.3 Å². The topological polar surface area (TPSA) is 93.1 Å². The summed E-state index contributed by atoms with van der Waals surface area (Å²) in [6, 6.07) is 17.9. The highest BCUT2D eigenvalue weighted by Crippen LogP contribution is 2.31. The van der Waals surface area contributed by atoms with Crippen LogP contribution in [0.5, 0.6) is 11.5 Å². The molecule has 1 N–H and O–H groups in total. The summed E-state index contributed by atoms with van der Waals surface area (Å²) >= 11 is 0. The Labute approximate surface area is 185 Å². The molecule has 1 aliphatic heterocycles. The van der Waals surface area contributed by atoms with Crippen LogP contribution in [-0.2, 0) is 9.59 Å². The van der Waals surface area contributed by atoms with E-state index in [1.165, 1.54) is 4.90 Å². The number of hydrogen-bond acceptors (Lipinski definition) is 6. The lowest BCUT2D eigenvalue weighted by Gasteiger charge is -2.20. The molecule has 0 aliphatic carbocycles. The van der Waals surface area contributed by atoms with Gasteiger partial charge < -0.3 is 14.8 Å². The van der Waals surface area contributed by atoms with Crippen molar-refractivity contribution in [1.82, 2.24) is 4.98 Å². The molecule has 0 bridgehead atoms. The fourth-order valence-corrected chi connectivity index (χ4v) is 3.40. The monoisotopic (exact) mass is 430 g/mol. The maximum atomic E-state index is 13.2. The largest absolute Gasteiger partial charge is 0.497 e. The minimum atomic E-state index is -0.354. The quantitative estimate of drug-likeness (QED) is 0.645. The highest BCUT2D eigenvalue weighted by Gasteiger charge is 2.28. The minimum Gasteiger partial charge on any atom is -0.497 e. The van der Waals surface area contributed by atoms with Gasteiger partial charge in [-0.25, -0.2) is 9.98 Å². The number of aromatic nitrogens is 1. The summed E-state index contributed by atoms with van der Waals surface area (Å²) in [7, 11) is 3.14. The third-order valence-electron chi connectivity index (χ3n) is 4.96. The third kappa shape index (κ3) is 4.59. The molecule has 2 aromatic carbocycles. The van der Waals surface area contributed by atoms with E-state index in [-0.39, 0.29) is 24.8 Å². The SMILES string of the molecule is COc1cccc(NC(=O)CN2C(=O)CC(c3cccc(OC)c3)=Nc3cccnc32)c1. The molecule has 0 spiro atoms. The van der Waals surface area contributed by atoms with E-state index in [4.69, 9.17) is 9.47 Å². The van der Waals surface area contributed by atoms with E-state index in [0.717, 1.165) is 5.56 Å². The average Bonchev–Trinajstić information content (AvgIpc) is 2.95. The number of benzene rings is 2. The molecule has 32 heavy (non-hydrogen) atoms. The van der Waals surface area contributed by atoms with Gasteiger partial charge in [0.1, 0.15) is 23.7 Å². The van der Waals surface area contributed by atoms with Crippen molar-refractivity contribution in [3.8, 4) is 11.5 Å². The van der Waals surface area contributed by atoms with E-state index in [1.54, 1.807) is 56.8 Å². The van der Waals surface area contributed by atoms with E-state index in [2.05, 4.69) is 15.3 Å². The van der Waals surface area contributed by atoms with Gasteiger partial charge in [-0.15, -0.1) is 0 Å². The minimum absolute atomic E-state index is 0.0238. The van der Waals surface area contributed by atoms with Crippen LogP contribution in [0.15, 0.2) is 71.9 Å². The number of amides is 2. The molecule has 0 radical (unpaired) electrons. The maximum absolute atomic E-state index is 13.2. The molecule has 1 aromatic heterocycles. The zero-order chi connectivity index (χ0) is 22.5. The van der Waals surface area contributed by atoms with Crippen molar-refractivity contribution in [2.45, 2.75) is 6.42 Å². The molecule has 2 heterocycles. The first-order chi connectivity index (χ1) is 15.6. The second-order valence-electron chi connectivity index (χ2n) is 7.07. The van der Waals surface area contributed by atoms with Gasteiger partial charge in [0.2, 0.25) is 11.8 Å². The van der Waals surface area contributed by atoms with Crippen LogP contribution in [0.2, 0.25) is 0 Å². The Balaban J connectivity index is 1.60. The predicted octanol–water partition coefficient (Wildman–Crippen LogP) is 3.60. The highest BCUT2D eigenvalue weighted by molar-refractivity contribution is 6.18. The third-order valence-corrected chi connectivity index (χ3v) is 4.96. The number of nitrogens with zero attached hydrogens (tertiary/aromatic N) is 3. The smallest absolute Gasteiger partial charge is 0.244 e. The number of aliphatic imine (C=N–C) groups is 1. The van der Waals surface area contributed by atoms with Gasteiger partial charge in [-0.1, -0.05) is 18.2 Å². The fraction of sp³-hybridized carbons (Fsp3) is 0.167. The van der Waals surface area contributed by atoms with E-state index in [0.29, 0.717) is 34.4 Å². The molecular formula is C24H22N4O4. The van der Waals surface area contributed by atoms with Gasteiger partial charge in [0.15, 0.2) is 5.82 Å². The molecule has 1 aliphatic rings. The zero-order valence-corrected chi connectivity index (χ0v) is 17.7. The van der Waals surface area contributed by atoms with Gasteiger partial charge in [0.25, 0.3) is 0 Å². The van der Waals surface area contributed by atoms with Crippen LogP contribution < -0.4 is 19.7 Å². The first-order valence-corrected chi connectivity index (χ1v) is 9.98. The normalized spacial score (nSPS) is 13.0. The first-order valence-electron chi connectivity index (χ1n) is 9.98. The van der Waals surface area contributed by atoms with Crippen molar-refractivity contribution >= 4 is 34.7 Å². The molecule has 0 unspecified atom stereocenters. The van der Waals surface area contributed by atoms with Crippen molar-refractivity contribution < 1.29 is 19.1 Å². The van der Waals surface area contributed by atoms with Gasteiger partial charge in [-0.2, -0.15) is 0 Å². The maximum Gasteiger partial charge on any atom is 0.244 e. The van der Waals surface area contributed by atoms with E-state index >= 15 is 0 Å². The lowest BCUT2D eigenvalue weighted by molar-refractivity contribution is -0.120. The van der Waals surface area contributed by atoms with Crippen LogP contribution in [0.4, 0.5) is 17.2 Å². The van der Waals surface area contributed by atoms with E-state index < -0.39 is 0 Å². The number of anilines is 2. The molecule has 0 saturated heterocycles. The molecule has 4 rings (SSSR count). The second-order valence-corrected chi connectivity index (χ2v) is 7.07. The van der Waals surface area contributed by atoms with Gasteiger partial charge in [-0.05, 0) is 36.4 Å². The number of nitrogens with one attached hydrogen (secondary N) is 1. The Morgan fingerprint density at radius 1 is 1.03 bits per heavy atom. The Bertz CT molecular complexity index is 1190. The Morgan fingerprint density at radius 2 is 1.78 bits per heavy atom. The number of pyridine rings is 1. The van der Waals surface area contributed by atoms with Gasteiger partial charge in [-0.3, -0.25) is 14.5 Å². The summed E-state index contributed by atoms with van der Waals surface area (Å²) < 4.78 is 10.5. The fourth-order valence-electron chi connectivity index (χ4n) is 3.40. The number of rotatable bonds is 6. The molecule has 3 aromatic rings. The zero-order valence-electron chi connectivity index (χ0n) is 17.7. The lowest BCUT2D eigenvalue weighted by Crippen LogP contribution is -2.39. The van der Waals surface area contributed by atoms with Gasteiger partial charge in [0.05, 0.1) is 26.4 Å². The van der Waals surface area contributed by atoms with Crippen LogP contribution in [0, 0.1) is 0 Å². The first kappa shape index (κ1) is 21.0. The van der Waals surface area contributed by atoms with Crippen molar-refractivity contribution in [2.75, 3.05) is 31.0 Å². The van der Waals surface area contributed by atoms with Crippen LogP contribution in [0.1, 0.15) is 12.0 Å². The van der Waals surface area contributed by atoms with Gasteiger partial charge >= 0.3 is 0 Å². The number of hydrogen-bond donors (Lipinski definition) is 1. The van der Waals surface area contributed by atoms with Gasteiger partial charge in [0, 0.05) is 23.5 Å². The molecule has 0 saturated carbocycles. The predicted molar refractivity (Wildman–Crippen MR) is 122 cm³/mol. The molecule has 162 valence electrons. The number of fused-ring (bicyclic) bond motifs is 1. The second kappa shape index (κ2) is 9.30. The molecule has 0 fully saturated rings. The summed E-state index contributed by atoms with van der Waals surface area (Å²) in [5.41, 5.74) is 2.45. The molecule has 0 atom stereocenters. The molecule has 8 nitrogen and oxygen atoms in total. The Kier molecular flexibility index (Phi) is 6.12. The number of carbonyl (C=O) groups excluding carboxylic acids is 2. The summed E-state index contributed by atoms with van der Waals surface area (Å²) in [5, 5.41) is 2.80. The van der Waals surface area contributed by atoms with Crippen molar-refractivity contribution in [3.05, 3.63) is 72.4 Å². The van der Waals surface area contributed by atoms with Crippen molar-refractivity contribution in [1.29, 1.82) is 0 Å². The molecule has 8 heteroatoms. The van der Waals surface area contributed by atoms with Crippen LogP contribution in [0.25, 0.3) is 0 Å². The summed E-state index contributed by atoms with van der Waals surface area (Å²) in [4.78, 5) is 36.3. The summed E-state index contributed by atoms with van der Waals surface area (Å²) in [6.45, 7) is -0.193. The van der Waals surface area contributed by atoms with Crippen LogP contribution in [0.3, 0.4) is 0 Å². The Hall–Kier alpha value is -4.20. The van der Waals surface area contributed by atoms with E-state index in [9.17, 15) is 9.59 Å². The summed E-state index contributed by atoms with van der Waals surface area (Å²) in [6.07, 6.45) is 1.60. The van der Waals surface area contributed by atoms with Crippen LogP contribution >= 0.6 is 0 Å². The average molecular weight is 430 g/mol. The Morgan fingerprint density at radius 3 is 2.56 bits per heavy atom. The highest BCUT2D eigenvalue weighted by atomic mass is 16.5. The number of ether oxygens (including phenoxy) is 2. The number of methoxy groups -OCH3 is 2. The standard InChI is InChI=1S/C24H22N4O4/c1-31-18-8-3-6-16(12-18)21-14-23(30)28(24-20(27-21)10-5-11-25-24)15-22(29)26-17-7-4-9-19(13-17)32-2/h3-13H,14-15H2,1-2H3,(H,26,29). The summed E-state index contributed by atoms with van der Waals surface area (Å²) in [5.74, 6) is 1.01. The van der Waals surface area contributed by atoms with Crippen molar-refractivity contribution in [3.63, 3.8) is 0 Å². The number of carbonyl (C=O) groups is 2.